The lowest BCUT2D eigenvalue weighted by atomic mass is 10.2. The van der Waals surface area contributed by atoms with Crippen LogP contribution in [-0.2, 0) is 21.2 Å². The summed E-state index contributed by atoms with van der Waals surface area (Å²) in [5, 5.41) is 0.606. The number of anilines is 1. The molecule has 3 rings (SSSR count). The summed E-state index contributed by atoms with van der Waals surface area (Å²) < 4.78 is 27.5. The summed E-state index contributed by atoms with van der Waals surface area (Å²) in [6, 6.07) is 9.54. The molecule has 1 amide bonds. The van der Waals surface area contributed by atoms with Gasteiger partial charge in [0.15, 0.2) is 5.15 Å². The van der Waals surface area contributed by atoms with E-state index in [1.54, 1.807) is 31.2 Å². The van der Waals surface area contributed by atoms with E-state index in [2.05, 4.69) is 14.7 Å². The van der Waals surface area contributed by atoms with Crippen LogP contribution < -0.4 is 10.5 Å². The molecule has 0 aliphatic heterocycles. The van der Waals surface area contributed by atoms with Crippen LogP contribution in [-0.4, -0.2) is 24.3 Å². The second-order valence-electron chi connectivity index (χ2n) is 5.65. The number of hydrogen-bond donors (Lipinski definition) is 2. The summed E-state index contributed by atoms with van der Waals surface area (Å²) in [5.74, 6) is -0.471. The fourth-order valence-corrected chi connectivity index (χ4v) is 4.73. The van der Waals surface area contributed by atoms with Crippen molar-refractivity contribution < 1.29 is 13.2 Å². The van der Waals surface area contributed by atoms with Gasteiger partial charge in [0.2, 0.25) is 5.91 Å². The fraction of sp³-hybridized carbons (Fsp3) is 0.118. The summed E-state index contributed by atoms with van der Waals surface area (Å²) in [5.41, 5.74) is 6.69. The highest BCUT2D eigenvalue weighted by molar-refractivity contribution is 7.92. The molecule has 140 valence electrons. The van der Waals surface area contributed by atoms with E-state index in [-0.39, 0.29) is 22.2 Å². The third kappa shape index (κ3) is 4.44. The summed E-state index contributed by atoms with van der Waals surface area (Å²) in [6.07, 6.45) is 1.57. The molecule has 0 unspecified atom stereocenters. The SMILES string of the molecule is Cc1nc(CC(N)=O)sc1-c1cnc(Cl)c(NS(=O)(=O)c2ccccc2)c1. The molecule has 3 N–H and O–H groups in total. The summed E-state index contributed by atoms with van der Waals surface area (Å²) in [6.45, 7) is 1.79. The zero-order chi connectivity index (χ0) is 19.6. The molecule has 7 nitrogen and oxygen atoms in total. The maximum Gasteiger partial charge on any atom is 0.261 e. The molecule has 1 aromatic carbocycles. The fourth-order valence-electron chi connectivity index (χ4n) is 2.39. The van der Waals surface area contributed by atoms with Gasteiger partial charge in [-0.05, 0) is 25.1 Å². The number of sulfonamides is 1. The molecule has 10 heteroatoms. The quantitative estimate of drug-likeness (QED) is 0.592. The number of thiazole rings is 1. The number of primary amides is 1. The number of nitrogens with two attached hydrogens (primary N) is 1. The van der Waals surface area contributed by atoms with E-state index in [1.807, 2.05) is 0 Å². The third-order valence-electron chi connectivity index (χ3n) is 3.57. The molecule has 2 heterocycles. The molecule has 3 aromatic rings. The standard InChI is InChI=1S/C17H15ClN4O3S2/c1-10-16(26-15(21-10)8-14(19)23)11-7-13(17(18)20-9-11)22-27(24,25)12-5-3-2-4-6-12/h2-7,9,22H,8H2,1H3,(H2,19,23). The molecular weight excluding hydrogens is 408 g/mol. The second kappa shape index (κ2) is 7.63. The van der Waals surface area contributed by atoms with Crippen molar-refractivity contribution in [3.05, 3.63) is 58.4 Å². The van der Waals surface area contributed by atoms with Crippen molar-refractivity contribution in [3.63, 3.8) is 0 Å². The molecule has 0 saturated carbocycles. The lowest BCUT2D eigenvalue weighted by molar-refractivity contribution is -0.117. The minimum Gasteiger partial charge on any atom is -0.369 e. The molecular formula is C17H15ClN4O3S2. The Morgan fingerprint density at radius 1 is 1.30 bits per heavy atom. The molecule has 27 heavy (non-hydrogen) atoms. The van der Waals surface area contributed by atoms with E-state index in [0.29, 0.717) is 16.3 Å². The number of aryl methyl sites for hydroxylation is 1. The number of benzene rings is 1. The average Bonchev–Trinajstić information content (AvgIpc) is 2.97. The highest BCUT2D eigenvalue weighted by Crippen LogP contribution is 2.34. The first-order valence-electron chi connectivity index (χ1n) is 7.74. The normalized spacial score (nSPS) is 11.3. The van der Waals surface area contributed by atoms with Gasteiger partial charge in [0.05, 0.1) is 27.6 Å². The van der Waals surface area contributed by atoms with E-state index in [4.69, 9.17) is 17.3 Å². The lowest BCUT2D eigenvalue weighted by Crippen LogP contribution is -2.13. The van der Waals surface area contributed by atoms with Crippen LogP contribution in [0, 0.1) is 6.92 Å². The number of aromatic nitrogens is 2. The maximum atomic E-state index is 12.5. The van der Waals surface area contributed by atoms with E-state index >= 15 is 0 Å². The van der Waals surface area contributed by atoms with Crippen molar-refractivity contribution in [2.75, 3.05) is 4.72 Å². The molecule has 0 radical (unpaired) electrons. The van der Waals surface area contributed by atoms with Crippen LogP contribution in [0.1, 0.15) is 10.7 Å². The Kier molecular flexibility index (Phi) is 5.45. The minimum absolute atomic E-state index is 0.0257. The van der Waals surface area contributed by atoms with Crippen molar-refractivity contribution >= 4 is 44.6 Å². The Morgan fingerprint density at radius 2 is 2.00 bits per heavy atom. The van der Waals surface area contributed by atoms with E-state index in [9.17, 15) is 13.2 Å². The minimum atomic E-state index is -3.80. The first-order chi connectivity index (χ1) is 12.8. The predicted octanol–water partition coefficient (Wildman–Crippen LogP) is 3.00. The number of rotatable bonds is 6. The van der Waals surface area contributed by atoms with Gasteiger partial charge in [-0.3, -0.25) is 9.52 Å². The molecule has 0 bridgehead atoms. The Labute approximate surface area is 165 Å². The van der Waals surface area contributed by atoms with Crippen LogP contribution >= 0.6 is 22.9 Å². The van der Waals surface area contributed by atoms with Crippen LogP contribution in [0.3, 0.4) is 0 Å². The van der Waals surface area contributed by atoms with E-state index in [1.165, 1.54) is 29.7 Å². The monoisotopic (exact) mass is 422 g/mol. The first kappa shape index (κ1) is 19.3. The Morgan fingerprint density at radius 3 is 2.67 bits per heavy atom. The van der Waals surface area contributed by atoms with Crippen molar-refractivity contribution in [2.45, 2.75) is 18.2 Å². The second-order valence-corrected chi connectivity index (χ2v) is 8.77. The number of carbonyl (C=O) groups is 1. The molecule has 0 atom stereocenters. The Hall–Kier alpha value is -2.49. The van der Waals surface area contributed by atoms with Gasteiger partial charge in [-0.2, -0.15) is 0 Å². The zero-order valence-corrected chi connectivity index (χ0v) is 16.5. The van der Waals surface area contributed by atoms with Crippen LogP contribution in [0.4, 0.5) is 5.69 Å². The highest BCUT2D eigenvalue weighted by Gasteiger charge is 2.18. The Bertz CT molecular complexity index is 1100. The van der Waals surface area contributed by atoms with Crippen LogP contribution in [0.15, 0.2) is 47.5 Å². The van der Waals surface area contributed by atoms with Crippen molar-refractivity contribution in [1.29, 1.82) is 0 Å². The number of carbonyl (C=O) groups excluding carboxylic acids is 1. The first-order valence-corrected chi connectivity index (χ1v) is 10.4. The number of nitrogens with zero attached hydrogens (tertiary/aromatic N) is 2. The number of halogens is 1. The number of pyridine rings is 1. The average molecular weight is 423 g/mol. The lowest BCUT2D eigenvalue weighted by Gasteiger charge is -2.10. The van der Waals surface area contributed by atoms with Gasteiger partial charge in [0, 0.05) is 11.8 Å². The van der Waals surface area contributed by atoms with Crippen molar-refractivity contribution in [3.8, 4) is 10.4 Å². The van der Waals surface area contributed by atoms with Crippen LogP contribution in [0.5, 0.6) is 0 Å². The van der Waals surface area contributed by atoms with Crippen molar-refractivity contribution in [2.24, 2.45) is 5.73 Å². The van der Waals surface area contributed by atoms with Gasteiger partial charge in [0.1, 0.15) is 5.01 Å². The molecule has 0 spiro atoms. The predicted molar refractivity (Wildman–Crippen MR) is 105 cm³/mol. The van der Waals surface area contributed by atoms with E-state index < -0.39 is 15.9 Å². The largest absolute Gasteiger partial charge is 0.369 e. The van der Waals surface area contributed by atoms with Crippen LogP contribution in [0.25, 0.3) is 10.4 Å². The van der Waals surface area contributed by atoms with Gasteiger partial charge >= 0.3 is 0 Å². The summed E-state index contributed by atoms with van der Waals surface area (Å²) in [7, 11) is -3.80. The number of amides is 1. The van der Waals surface area contributed by atoms with Crippen molar-refractivity contribution in [1.82, 2.24) is 9.97 Å². The number of hydrogen-bond acceptors (Lipinski definition) is 6. The smallest absolute Gasteiger partial charge is 0.261 e. The van der Waals surface area contributed by atoms with Gasteiger partial charge in [-0.15, -0.1) is 11.3 Å². The molecule has 0 saturated heterocycles. The summed E-state index contributed by atoms with van der Waals surface area (Å²) >= 11 is 7.38. The van der Waals surface area contributed by atoms with Gasteiger partial charge in [-0.1, -0.05) is 29.8 Å². The Balaban J connectivity index is 1.96. The van der Waals surface area contributed by atoms with E-state index in [0.717, 1.165) is 4.88 Å². The van der Waals surface area contributed by atoms with Gasteiger partial charge in [0.25, 0.3) is 10.0 Å². The third-order valence-corrected chi connectivity index (χ3v) is 6.45. The molecule has 0 aliphatic rings. The zero-order valence-electron chi connectivity index (χ0n) is 14.1. The van der Waals surface area contributed by atoms with Crippen LogP contribution in [0.2, 0.25) is 5.15 Å². The molecule has 2 aromatic heterocycles. The topological polar surface area (TPSA) is 115 Å². The van der Waals surface area contributed by atoms with Gasteiger partial charge in [-0.25, -0.2) is 18.4 Å². The highest BCUT2D eigenvalue weighted by atomic mass is 35.5. The summed E-state index contributed by atoms with van der Waals surface area (Å²) in [4.78, 5) is 20.4. The van der Waals surface area contributed by atoms with Gasteiger partial charge < -0.3 is 5.73 Å². The number of nitrogens with one attached hydrogen (secondary N) is 1. The maximum absolute atomic E-state index is 12.5. The molecule has 0 fully saturated rings. The molecule has 0 aliphatic carbocycles.